The Balaban J connectivity index is 2.40. The van der Waals surface area contributed by atoms with E-state index in [2.05, 4.69) is 17.6 Å². The van der Waals surface area contributed by atoms with Gasteiger partial charge in [0.25, 0.3) is 5.91 Å². The van der Waals surface area contributed by atoms with Crippen LogP contribution < -0.4 is 15.4 Å². The van der Waals surface area contributed by atoms with E-state index in [1.807, 2.05) is 0 Å². The molecule has 214 valence electrons. The molecule has 0 aliphatic rings. The van der Waals surface area contributed by atoms with Gasteiger partial charge in [0.2, 0.25) is 5.91 Å². The maximum atomic E-state index is 13.8. The predicted octanol–water partition coefficient (Wildman–Crippen LogP) is 5.79. The summed E-state index contributed by atoms with van der Waals surface area (Å²) < 4.78 is 10.5. The van der Waals surface area contributed by atoms with E-state index in [1.165, 1.54) is 17.0 Å². The fourth-order valence-electron chi connectivity index (χ4n) is 4.10. The van der Waals surface area contributed by atoms with E-state index in [4.69, 9.17) is 9.47 Å². The number of carbonyl (C=O) groups is 3. The van der Waals surface area contributed by atoms with Gasteiger partial charge in [-0.25, -0.2) is 4.79 Å². The largest absolute Gasteiger partial charge is 0.508 e. The maximum Gasteiger partial charge on any atom is 0.408 e. The molecule has 9 heteroatoms. The second kappa shape index (κ2) is 15.0. The summed E-state index contributed by atoms with van der Waals surface area (Å²) in [5.74, 6) is -0.264. The smallest absolute Gasteiger partial charge is 0.408 e. The number of phenolic OH excluding ortho intramolecular Hbond substituents is 1. The SMILES string of the molecule is CCCCCCCN(C(=O)C(C)NC(=O)OC(C)(C)C)C(C(=O)Nc1ccc(OC)cc1)c1cccc(O)c1. The first-order valence-electron chi connectivity index (χ1n) is 13.5. The third-order valence-corrected chi connectivity index (χ3v) is 5.99. The molecule has 9 nitrogen and oxygen atoms in total. The van der Waals surface area contributed by atoms with Gasteiger partial charge in [0, 0.05) is 12.2 Å². The van der Waals surface area contributed by atoms with Gasteiger partial charge in [0.1, 0.15) is 29.2 Å². The molecule has 0 saturated carbocycles. The number of aromatic hydroxyl groups is 1. The number of phenols is 1. The number of carbonyl (C=O) groups excluding carboxylic acids is 3. The topological polar surface area (TPSA) is 117 Å². The van der Waals surface area contributed by atoms with Crippen LogP contribution in [0.3, 0.4) is 0 Å². The van der Waals surface area contributed by atoms with Crippen molar-refractivity contribution in [2.45, 2.75) is 84.4 Å². The molecular formula is C30H43N3O6. The van der Waals surface area contributed by atoms with Gasteiger partial charge in [-0.05, 0) is 76.1 Å². The fourth-order valence-corrected chi connectivity index (χ4v) is 4.10. The second-order valence-electron chi connectivity index (χ2n) is 10.5. The highest BCUT2D eigenvalue weighted by molar-refractivity contribution is 5.99. The van der Waals surface area contributed by atoms with Gasteiger partial charge < -0.3 is 30.1 Å². The summed E-state index contributed by atoms with van der Waals surface area (Å²) >= 11 is 0. The van der Waals surface area contributed by atoms with Crippen molar-refractivity contribution in [1.29, 1.82) is 0 Å². The van der Waals surface area contributed by atoms with Crippen LogP contribution in [-0.4, -0.2) is 53.2 Å². The molecule has 0 aromatic heterocycles. The van der Waals surface area contributed by atoms with Crippen LogP contribution in [0.2, 0.25) is 0 Å². The lowest BCUT2D eigenvalue weighted by atomic mass is 10.0. The summed E-state index contributed by atoms with van der Waals surface area (Å²) in [6, 6.07) is 11.2. The molecule has 0 bridgehead atoms. The zero-order valence-electron chi connectivity index (χ0n) is 24.0. The molecule has 2 atom stereocenters. The Morgan fingerprint density at radius 3 is 2.26 bits per heavy atom. The molecule has 0 spiro atoms. The number of amides is 3. The van der Waals surface area contributed by atoms with Crippen LogP contribution in [0.4, 0.5) is 10.5 Å². The van der Waals surface area contributed by atoms with E-state index >= 15 is 0 Å². The van der Waals surface area contributed by atoms with Crippen molar-refractivity contribution in [3.8, 4) is 11.5 Å². The quantitative estimate of drug-likeness (QED) is 0.276. The van der Waals surface area contributed by atoms with Gasteiger partial charge in [0.05, 0.1) is 7.11 Å². The molecule has 0 heterocycles. The lowest BCUT2D eigenvalue weighted by Gasteiger charge is -2.34. The van der Waals surface area contributed by atoms with Gasteiger partial charge in [-0.15, -0.1) is 0 Å². The highest BCUT2D eigenvalue weighted by Crippen LogP contribution is 2.28. The van der Waals surface area contributed by atoms with E-state index in [-0.39, 0.29) is 5.75 Å². The van der Waals surface area contributed by atoms with Crippen LogP contribution in [0, 0.1) is 0 Å². The molecule has 3 amide bonds. The van der Waals surface area contributed by atoms with Crippen LogP contribution in [0.15, 0.2) is 48.5 Å². The molecule has 0 aliphatic heterocycles. The number of anilines is 1. The van der Waals surface area contributed by atoms with E-state index in [0.717, 1.165) is 25.7 Å². The van der Waals surface area contributed by atoms with Crippen LogP contribution >= 0.6 is 0 Å². The number of nitrogens with zero attached hydrogens (tertiary/aromatic N) is 1. The van der Waals surface area contributed by atoms with E-state index in [9.17, 15) is 19.5 Å². The first-order chi connectivity index (χ1) is 18.4. The van der Waals surface area contributed by atoms with Crippen LogP contribution in [0.5, 0.6) is 11.5 Å². The van der Waals surface area contributed by atoms with Crippen molar-refractivity contribution in [3.05, 3.63) is 54.1 Å². The fraction of sp³-hybridized carbons (Fsp3) is 0.500. The summed E-state index contributed by atoms with van der Waals surface area (Å²) in [5.41, 5.74) is 0.252. The number of benzene rings is 2. The third kappa shape index (κ3) is 10.5. The number of nitrogens with one attached hydrogen (secondary N) is 2. The zero-order chi connectivity index (χ0) is 29.0. The monoisotopic (exact) mass is 541 g/mol. The number of methoxy groups -OCH3 is 1. The minimum atomic E-state index is -1.05. The van der Waals surface area contributed by atoms with Gasteiger partial charge in [0.15, 0.2) is 0 Å². The number of ether oxygens (including phenoxy) is 2. The number of rotatable bonds is 13. The lowest BCUT2D eigenvalue weighted by molar-refractivity contribution is -0.140. The Labute approximate surface area is 231 Å². The maximum absolute atomic E-state index is 13.8. The minimum Gasteiger partial charge on any atom is -0.508 e. The number of hydrogen-bond acceptors (Lipinski definition) is 6. The van der Waals surface area contributed by atoms with Crippen molar-refractivity contribution >= 4 is 23.6 Å². The van der Waals surface area contributed by atoms with E-state index in [1.54, 1.807) is 71.2 Å². The second-order valence-corrected chi connectivity index (χ2v) is 10.5. The molecular weight excluding hydrogens is 498 g/mol. The minimum absolute atomic E-state index is 0.0231. The molecule has 0 radical (unpaired) electrons. The van der Waals surface area contributed by atoms with E-state index < -0.39 is 35.6 Å². The number of hydrogen-bond donors (Lipinski definition) is 3. The molecule has 2 unspecified atom stereocenters. The summed E-state index contributed by atoms with van der Waals surface area (Å²) in [6.45, 7) is 9.20. The summed E-state index contributed by atoms with van der Waals surface area (Å²) in [5, 5.41) is 15.7. The Morgan fingerprint density at radius 1 is 1.00 bits per heavy atom. The number of unbranched alkanes of at least 4 members (excludes halogenated alkanes) is 4. The summed E-state index contributed by atoms with van der Waals surface area (Å²) in [7, 11) is 1.56. The molecule has 2 aromatic carbocycles. The van der Waals surface area contributed by atoms with Gasteiger partial charge >= 0.3 is 6.09 Å². The Kier molecular flexibility index (Phi) is 12.1. The van der Waals surface area contributed by atoms with Crippen LogP contribution in [0.25, 0.3) is 0 Å². The van der Waals surface area contributed by atoms with Crippen molar-refractivity contribution in [3.63, 3.8) is 0 Å². The normalized spacial score (nSPS) is 12.7. The molecule has 39 heavy (non-hydrogen) atoms. The highest BCUT2D eigenvalue weighted by Gasteiger charge is 2.34. The molecule has 0 aliphatic carbocycles. The number of alkyl carbamates (subject to hydrolysis) is 1. The standard InChI is InChI=1S/C30H43N3O6/c1-7-8-9-10-11-19-33(28(36)21(2)31-29(37)39-30(3,4)5)26(22-13-12-14-24(34)20-22)27(35)32-23-15-17-25(38-6)18-16-23/h12-18,20-21,26,34H,7-11,19H2,1-6H3,(H,31,37)(H,32,35). The zero-order valence-corrected chi connectivity index (χ0v) is 24.0. The third-order valence-electron chi connectivity index (χ3n) is 5.99. The van der Waals surface area contributed by atoms with Gasteiger partial charge in [-0.1, -0.05) is 44.7 Å². The molecule has 2 rings (SSSR count). The lowest BCUT2D eigenvalue weighted by Crippen LogP contribution is -2.51. The van der Waals surface area contributed by atoms with Crippen molar-refractivity contribution < 1.29 is 29.0 Å². The molecule has 0 fully saturated rings. The van der Waals surface area contributed by atoms with Gasteiger partial charge in [-0.3, -0.25) is 9.59 Å². The summed E-state index contributed by atoms with van der Waals surface area (Å²) in [6.07, 6.45) is 4.02. The highest BCUT2D eigenvalue weighted by atomic mass is 16.6. The van der Waals surface area contributed by atoms with Crippen LogP contribution in [0.1, 0.15) is 78.3 Å². The van der Waals surface area contributed by atoms with Crippen molar-refractivity contribution in [2.75, 3.05) is 19.0 Å². The Bertz CT molecular complexity index is 1080. The predicted molar refractivity (Wildman–Crippen MR) is 152 cm³/mol. The van der Waals surface area contributed by atoms with Crippen LogP contribution in [-0.2, 0) is 14.3 Å². The average Bonchev–Trinajstić information content (AvgIpc) is 2.86. The first kappa shape index (κ1) is 31.5. The van der Waals surface area contributed by atoms with Crippen molar-refractivity contribution in [2.24, 2.45) is 0 Å². The summed E-state index contributed by atoms with van der Waals surface area (Å²) in [4.78, 5) is 41.5. The van der Waals surface area contributed by atoms with E-state index in [0.29, 0.717) is 30.0 Å². The Hall–Kier alpha value is -3.75. The molecule has 3 N–H and O–H groups in total. The molecule has 0 saturated heterocycles. The van der Waals surface area contributed by atoms with Crippen molar-refractivity contribution in [1.82, 2.24) is 10.2 Å². The first-order valence-corrected chi connectivity index (χ1v) is 13.5. The Morgan fingerprint density at radius 2 is 1.67 bits per heavy atom. The van der Waals surface area contributed by atoms with Gasteiger partial charge in [-0.2, -0.15) is 0 Å². The molecule has 2 aromatic rings. The average molecular weight is 542 g/mol.